The number of hydrogen-bond acceptors (Lipinski definition) is 4. The zero-order valence-corrected chi connectivity index (χ0v) is 11.5. The predicted octanol–water partition coefficient (Wildman–Crippen LogP) is 2.87. The molecule has 4 aliphatic rings. The summed E-state index contributed by atoms with van der Waals surface area (Å²) in [6.07, 6.45) is 8.14. The standard InChI is InChI=1S/C15H22N2O2/c1-18-8-12-13(14(16)19-17-12)15-5-9-2-10(6-15)4-11(3-9)7-15/h9-11H,2-8,16H2,1H3. The van der Waals surface area contributed by atoms with E-state index >= 15 is 0 Å². The lowest BCUT2D eigenvalue weighted by Gasteiger charge is -2.56. The van der Waals surface area contributed by atoms with Gasteiger partial charge in [0.15, 0.2) is 0 Å². The van der Waals surface area contributed by atoms with Crippen molar-refractivity contribution in [1.29, 1.82) is 0 Å². The Hall–Kier alpha value is -1.03. The van der Waals surface area contributed by atoms with Gasteiger partial charge in [-0.3, -0.25) is 0 Å². The Morgan fingerprint density at radius 2 is 1.79 bits per heavy atom. The molecule has 0 aliphatic heterocycles. The Morgan fingerprint density at radius 1 is 1.21 bits per heavy atom. The average molecular weight is 262 g/mol. The fraction of sp³-hybridized carbons (Fsp3) is 0.800. The number of rotatable bonds is 3. The highest BCUT2D eigenvalue weighted by atomic mass is 16.5. The first-order valence-electron chi connectivity index (χ1n) is 7.43. The van der Waals surface area contributed by atoms with E-state index < -0.39 is 0 Å². The third-order valence-electron chi connectivity index (χ3n) is 5.64. The zero-order chi connectivity index (χ0) is 13.0. The molecule has 19 heavy (non-hydrogen) atoms. The molecule has 0 atom stereocenters. The monoisotopic (exact) mass is 262 g/mol. The number of aromatic nitrogens is 1. The fourth-order valence-corrected chi connectivity index (χ4v) is 5.56. The van der Waals surface area contributed by atoms with Gasteiger partial charge >= 0.3 is 0 Å². The molecule has 0 spiro atoms. The summed E-state index contributed by atoms with van der Waals surface area (Å²) < 4.78 is 10.6. The minimum absolute atomic E-state index is 0.243. The van der Waals surface area contributed by atoms with E-state index in [0.29, 0.717) is 12.5 Å². The van der Waals surface area contributed by atoms with Gasteiger partial charge in [-0.25, -0.2) is 0 Å². The number of anilines is 1. The van der Waals surface area contributed by atoms with Crippen LogP contribution in [-0.2, 0) is 16.8 Å². The molecule has 4 aliphatic carbocycles. The molecule has 0 radical (unpaired) electrons. The van der Waals surface area contributed by atoms with Crippen LogP contribution >= 0.6 is 0 Å². The molecule has 0 aromatic carbocycles. The van der Waals surface area contributed by atoms with Crippen molar-refractivity contribution in [3.63, 3.8) is 0 Å². The molecule has 1 heterocycles. The van der Waals surface area contributed by atoms with E-state index in [1.54, 1.807) is 7.11 Å². The van der Waals surface area contributed by atoms with Gasteiger partial charge in [0.2, 0.25) is 5.88 Å². The predicted molar refractivity (Wildman–Crippen MR) is 71.5 cm³/mol. The highest BCUT2D eigenvalue weighted by Crippen LogP contribution is 2.61. The molecule has 1 aromatic rings. The number of methoxy groups -OCH3 is 1. The summed E-state index contributed by atoms with van der Waals surface area (Å²) in [5.41, 5.74) is 8.47. The van der Waals surface area contributed by atoms with Gasteiger partial charge in [0.05, 0.1) is 6.61 Å². The molecule has 104 valence electrons. The van der Waals surface area contributed by atoms with Crippen LogP contribution in [-0.4, -0.2) is 12.3 Å². The second kappa shape index (κ2) is 3.98. The van der Waals surface area contributed by atoms with Crippen molar-refractivity contribution in [2.75, 3.05) is 12.8 Å². The van der Waals surface area contributed by atoms with Crippen LogP contribution in [0.2, 0.25) is 0 Å². The molecule has 2 N–H and O–H groups in total. The van der Waals surface area contributed by atoms with Crippen LogP contribution in [0.5, 0.6) is 0 Å². The minimum Gasteiger partial charge on any atom is -0.378 e. The van der Waals surface area contributed by atoms with Gasteiger partial charge in [0.25, 0.3) is 0 Å². The summed E-state index contributed by atoms with van der Waals surface area (Å²) in [4.78, 5) is 0. The Balaban J connectivity index is 1.77. The van der Waals surface area contributed by atoms with E-state index in [2.05, 4.69) is 5.16 Å². The first-order chi connectivity index (χ1) is 9.20. The van der Waals surface area contributed by atoms with Crippen LogP contribution in [0.25, 0.3) is 0 Å². The maximum atomic E-state index is 6.11. The molecule has 0 amide bonds. The zero-order valence-electron chi connectivity index (χ0n) is 11.5. The van der Waals surface area contributed by atoms with Gasteiger partial charge in [-0.1, -0.05) is 5.16 Å². The van der Waals surface area contributed by atoms with E-state index in [1.807, 2.05) is 0 Å². The normalized spacial score (nSPS) is 39.9. The van der Waals surface area contributed by atoms with Crippen molar-refractivity contribution < 1.29 is 9.26 Å². The molecular weight excluding hydrogens is 240 g/mol. The summed E-state index contributed by atoms with van der Waals surface area (Å²) in [6.45, 7) is 0.512. The second-order valence-corrected chi connectivity index (χ2v) is 7.00. The number of hydrogen-bond donors (Lipinski definition) is 1. The van der Waals surface area contributed by atoms with Crippen molar-refractivity contribution in [1.82, 2.24) is 5.16 Å². The van der Waals surface area contributed by atoms with Gasteiger partial charge < -0.3 is 15.0 Å². The van der Waals surface area contributed by atoms with E-state index in [-0.39, 0.29) is 5.41 Å². The van der Waals surface area contributed by atoms with Crippen molar-refractivity contribution >= 4 is 5.88 Å². The summed E-state index contributed by atoms with van der Waals surface area (Å²) in [5, 5.41) is 4.14. The summed E-state index contributed by atoms with van der Waals surface area (Å²) in [6, 6.07) is 0. The van der Waals surface area contributed by atoms with Gasteiger partial charge in [0, 0.05) is 18.1 Å². The Kier molecular flexibility index (Phi) is 2.47. The number of nitrogen functional groups attached to an aromatic ring is 1. The third-order valence-corrected chi connectivity index (χ3v) is 5.64. The van der Waals surface area contributed by atoms with Crippen LogP contribution in [0.3, 0.4) is 0 Å². The van der Waals surface area contributed by atoms with Gasteiger partial charge in [-0.05, 0) is 56.3 Å². The number of nitrogens with two attached hydrogens (primary N) is 1. The summed E-state index contributed by atoms with van der Waals surface area (Å²) >= 11 is 0. The molecule has 0 saturated heterocycles. The summed E-state index contributed by atoms with van der Waals surface area (Å²) in [5.74, 6) is 3.23. The van der Waals surface area contributed by atoms with Crippen LogP contribution in [0.15, 0.2) is 4.52 Å². The van der Waals surface area contributed by atoms with E-state index in [9.17, 15) is 0 Å². The lowest BCUT2D eigenvalue weighted by atomic mass is 9.48. The first kappa shape index (κ1) is 11.8. The Morgan fingerprint density at radius 3 is 2.32 bits per heavy atom. The molecule has 4 bridgehead atoms. The van der Waals surface area contributed by atoms with E-state index in [1.165, 1.54) is 44.1 Å². The minimum atomic E-state index is 0.243. The van der Waals surface area contributed by atoms with Gasteiger partial charge in [-0.15, -0.1) is 0 Å². The molecule has 4 saturated carbocycles. The maximum absolute atomic E-state index is 6.11. The smallest absolute Gasteiger partial charge is 0.226 e. The van der Waals surface area contributed by atoms with Gasteiger partial charge in [0.1, 0.15) is 5.69 Å². The SMILES string of the molecule is COCc1noc(N)c1C12CC3CC(CC(C3)C1)C2. The van der Waals surface area contributed by atoms with E-state index in [4.69, 9.17) is 15.0 Å². The lowest BCUT2D eigenvalue weighted by Crippen LogP contribution is -2.49. The summed E-state index contributed by atoms with van der Waals surface area (Å²) in [7, 11) is 1.70. The van der Waals surface area contributed by atoms with E-state index in [0.717, 1.165) is 23.4 Å². The van der Waals surface area contributed by atoms with Crippen molar-refractivity contribution in [3.8, 4) is 0 Å². The number of nitrogens with zero attached hydrogens (tertiary/aromatic N) is 1. The van der Waals surface area contributed by atoms with Crippen LogP contribution < -0.4 is 5.73 Å². The molecule has 1 aromatic heterocycles. The average Bonchev–Trinajstić information content (AvgIpc) is 2.70. The lowest BCUT2D eigenvalue weighted by molar-refractivity contribution is -0.00595. The first-order valence-corrected chi connectivity index (χ1v) is 7.43. The molecule has 0 unspecified atom stereocenters. The number of ether oxygens (including phenoxy) is 1. The topological polar surface area (TPSA) is 61.3 Å². The Bertz CT molecular complexity index is 459. The Labute approximate surface area is 113 Å². The fourth-order valence-electron chi connectivity index (χ4n) is 5.56. The van der Waals surface area contributed by atoms with Gasteiger partial charge in [-0.2, -0.15) is 0 Å². The van der Waals surface area contributed by atoms with Crippen molar-refractivity contribution in [2.24, 2.45) is 17.8 Å². The maximum Gasteiger partial charge on any atom is 0.226 e. The second-order valence-electron chi connectivity index (χ2n) is 7.00. The third kappa shape index (κ3) is 1.65. The molecular formula is C15H22N2O2. The van der Waals surface area contributed by atoms with Crippen LogP contribution in [0.1, 0.15) is 49.8 Å². The molecule has 4 fully saturated rings. The molecule has 4 heteroatoms. The highest BCUT2D eigenvalue weighted by molar-refractivity contribution is 5.46. The van der Waals surface area contributed by atoms with Crippen LogP contribution in [0.4, 0.5) is 5.88 Å². The van der Waals surface area contributed by atoms with Crippen molar-refractivity contribution in [2.45, 2.75) is 50.5 Å². The van der Waals surface area contributed by atoms with Crippen molar-refractivity contribution in [3.05, 3.63) is 11.3 Å². The van der Waals surface area contributed by atoms with Crippen LogP contribution in [0, 0.1) is 17.8 Å². The quantitative estimate of drug-likeness (QED) is 0.909. The highest BCUT2D eigenvalue weighted by Gasteiger charge is 2.53. The molecule has 5 rings (SSSR count). The largest absolute Gasteiger partial charge is 0.378 e. The molecule has 4 nitrogen and oxygen atoms in total.